The molecule has 0 unspecified atom stereocenters. The van der Waals surface area contributed by atoms with Crippen LogP contribution in [0.1, 0.15) is 85.6 Å². The molecule has 0 saturated heterocycles. The van der Waals surface area contributed by atoms with E-state index in [1.165, 1.54) is 21.1 Å². The van der Waals surface area contributed by atoms with Crippen molar-refractivity contribution in [1.82, 2.24) is 0 Å². The molecule has 5 atom stereocenters. The maximum atomic E-state index is 14.9. The second-order valence-electron chi connectivity index (χ2n) is 16.8. The van der Waals surface area contributed by atoms with Crippen LogP contribution in [0.2, 0.25) is 0 Å². The van der Waals surface area contributed by atoms with E-state index in [0.717, 1.165) is 51.4 Å². The number of phenolic OH excluding ortho intramolecular Hbond substituents is 3. The minimum Gasteiger partial charge on any atom is -0.508 e. The van der Waals surface area contributed by atoms with Crippen molar-refractivity contribution in [3.8, 4) is 28.7 Å². The van der Waals surface area contributed by atoms with E-state index >= 15 is 0 Å². The first kappa shape index (κ1) is 39.8. The summed E-state index contributed by atoms with van der Waals surface area (Å²) in [6.07, 6.45) is 8.56. The molecule has 0 radical (unpaired) electrons. The van der Waals surface area contributed by atoms with E-state index in [-0.39, 0.29) is 41.5 Å². The molecule has 0 aromatic heterocycles. The van der Waals surface area contributed by atoms with Gasteiger partial charge in [0.1, 0.15) is 18.0 Å². The summed E-state index contributed by atoms with van der Waals surface area (Å²) in [5.41, 5.74) is 3.38. The number of benzene rings is 5. The standard InChI is InChI=1S/C50H52O9/c1-31(51)58-45-28-41(59-48(55)50(18-7-8-19-50)39-14-11-34-22-40(52)15-12-33(34)21-39)23-37(35-13-16-43(53)46(26-35)56-2)29-49(20-17-32-9-5-4-6-10-32)30-38-25-44(54)47(57-3)27-36(38)24-42(45)49/h4-6,9-17,20-22,25-27,37,41-42,45,52-54H,7-8,18-19,23-24,28-30H2,1-3H3/t37-,41+,42+,45+,49+/m1/s1. The van der Waals surface area contributed by atoms with Crippen molar-refractivity contribution in [2.24, 2.45) is 11.3 Å². The lowest BCUT2D eigenvalue weighted by Gasteiger charge is -2.50. The number of methoxy groups -OCH3 is 2. The lowest BCUT2D eigenvalue weighted by Crippen LogP contribution is -2.49. The number of hydrogen-bond donors (Lipinski definition) is 3. The monoisotopic (exact) mass is 796 g/mol. The Morgan fingerprint density at radius 2 is 1.47 bits per heavy atom. The molecule has 0 spiro atoms. The zero-order valence-electron chi connectivity index (χ0n) is 33.9. The average Bonchev–Trinajstić information content (AvgIpc) is 3.73. The number of phenols is 3. The summed E-state index contributed by atoms with van der Waals surface area (Å²) < 4.78 is 24.3. The molecule has 2 fully saturated rings. The van der Waals surface area contributed by atoms with Gasteiger partial charge in [0, 0.05) is 19.3 Å². The topological polar surface area (TPSA) is 132 Å². The molecule has 9 nitrogen and oxygen atoms in total. The summed E-state index contributed by atoms with van der Waals surface area (Å²) >= 11 is 0. The van der Waals surface area contributed by atoms with Gasteiger partial charge in [-0.05, 0) is 125 Å². The van der Waals surface area contributed by atoms with Crippen molar-refractivity contribution in [2.75, 3.05) is 14.2 Å². The SMILES string of the molecule is COc1cc([C@@H]2C[C@H](OC(=O)C3(c4ccc5cc(O)ccc5c4)CCCC3)C[C@H](OC(C)=O)[C@@H]3Cc4cc(OC)c(O)cc4C[C@]3(C=Cc3ccccc3)C2)ccc1O. The van der Waals surface area contributed by atoms with E-state index in [9.17, 15) is 24.9 Å². The Kier molecular flexibility index (Phi) is 11.0. The van der Waals surface area contributed by atoms with Crippen molar-refractivity contribution >= 4 is 28.8 Å². The van der Waals surface area contributed by atoms with Gasteiger partial charge in [-0.2, -0.15) is 0 Å². The van der Waals surface area contributed by atoms with Crippen molar-refractivity contribution in [3.05, 3.63) is 131 Å². The van der Waals surface area contributed by atoms with Gasteiger partial charge in [-0.3, -0.25) is 9.59 Å². The number of allylic oxidation sites excluding steroid dienone is 1. The first-order valence-corrected chi connectivity index (χ1v) is 20.6. The summed E-state index contributed by atoms with van der Waals surface area (Å²) in [7, 11) is 3.06. The third-order valence-electron chi connectivity index (χ3n) is 13.2. The molecule has 2 saturated carbocycles. The van der Waals surface area contributed by atoms with Crippen molar-refractivity contribution in [3.63, 3.8) is 0 Å². The molecule has 9 heteroatoms. The fraction of sp³-hybridized carbons (Fsp3) is 0.360. The molecular weight excluding hydrogens is 745 g/mol. The number of carbonyl (C=O) groups excluding carboxylic acids is 2. The zero-order valence-corrected chi connectivity index (χ0v) is 33.9. The molecule has 306 valence electrons. The van der Waals surface area contributed by atoms with Crippen LogP contribution < -0.4 is 9.47 Å². The van der Waals surface area contributed by atoms with Crippen LogP contribution in [0.15, 0.2) is 103 Å². The predicted octanol–water partition coefficient (Wildman–Crippen LogP) is 9.71. The van der Waals surface area contributed by atoms with E-state index in [4.69, 9.17) is 18.9 Å². The van der Waals surface area contributed by atoms with Gasteiger partial charge in [-0.15, -0.1) is 0 Å². The van der Waals surface area contributed by atoms with Crippen molar-refractivity contribution in [2.45, 2.75) is 88.3 Å². The minimum atomic E-state index is -0.854. The molecule has 3 aliphatic carbocycles. The summed E-state index contributed by atoms with van der Waals surface area (Å²) in [6, 6.07) is 30.4. The zero-order chi connectivity index (χ0) is 41.3. The summed E-state index contributed by atoms with van der Waals surface area (Å²) in [5.74, 6) is -0.144. The highest BCUT2D eigenvalue weighted by atomic mass is 16.6. The van der Waals surface area contributed by atoms with E-state index in [1.54, 1.807) is 24.3 Å². The minimum absolute atomic E-state index is 0.0290. The lowest BCUT2D eigenvalue weighted by atomic mass is 9.56. The molecule has 3 N–H and O–H groups in total. The Hall–Kier alpha value is -5.96. The van der Waals surface area contributed by atoms with Gasteiger partial charge in [-0.1, -0.05) is 85.7 Å². The van der Waals surface area contributed by atoms with E-state index in [0.29, 0.717) is 50.0 Å². The number of ether oxygens (including phenoxy) is 4. The third kappa shape index (κ3) is 7.95. The molecule has 8 rings (SSSR count). The van der Waals surface area contributed by atoms with Gasteiger partial charge in [0.15, 0.2) is 23.0 Å². The first-order valence-electron chi connectivity index (χ1n) is 20.6. The van der Waals surface area contributed by atoms with Crippen molar-refractivity contribution in [1.29, 1.82) is 0 Å². The van der Waals surface area contributed by atoms with E-state index in [1.807, 2.05) is 60.7 Å². The van der Waals surface area contributed by atoms with Gasteiger partial charge in [0.2, 0.25) is 0 Å². The molecule has 0 aliphatic heterocycles. The molecule has 3 aliphatic rings. The quantitative estimate of drug-likeness (QED) is 0.125. The smallest absolute Gasteiger partial charge is 0.316 e. The maximum Gasteiger partial charge on any atom is 0.316 e. The van der Waals surface area contributed by atoms with Gasteiger partial charge >= 0.3 is 11.9 Å². The second kappa shape index (κ2) is 16.4. The van der Waals surface area contributed by atoms with Crippen LogP contribution in [0.4, 0.5) is 0 Å². The van der Waals surface area contributed by atoms with Gasteiger partial charge in [-0.25, -0.2) is 0 Å². The van der Waals surface area contributed by atoms with Crippen LogP contribution in [0.3, 0.4) is 0 Å². The number of aromatic hydroxyl groups is 3. The molecule has 0 heterocycles. The molecule has 5 aromatic rings. The number of hydrogen-bond acceptors (Lipinski definition) is 9. The van der Waals surface area contributed by atoms with Gasteiger partial charge in [0.05, 0.1) is 19.6 Å². The number of esters is 2. The Labute approximate surface area is 345 Å². The predicted molar refractivity (Wildman–Crippen MR) is 226 cm³/mol. The lowest BCUT2D eigenvalue weighted by molar-refractivity contribution is -0.165. The molecule has 5 aromatic carbocycles. The van der Waals surface area contributed by atoms with Crippen LogP contribution >= 0.6 is 0 Å². The molecule has 59 heavy (non-hydrogen) atoms. The fourth-order valence-electron chi connectivity index (χ4n) is 10.3. The van der Waals surface area contributed by atoms with Gasteiger partial charge < -0.3 is 34.3 Å². The normalized spacial score (nSPS) is 23.7. The van der Waals surface area contributed by atoms with Crippen LogP contribution in [-0.4, -0.2) is 53.7 Å². The Morgan fingerprint density at radius 1 is 0.746 bits per heavy atom. The highest BCUT2D eigenvalue weighted by Gasteiger charge is 2.51. The van der Waals surface area contributed by atoms with Crippen molar-refractivity contribution < 1.29 is 43.9 Å². The largest absolute Gasteiger partial charge is 0.508 e. The second-order valence-corrected chi connectivity index (χ2v) is 16.8. The average molecular weight is 797 g/mol. The highest BCUT2D eigenvalue weighted by molar-refractivity contribution is 5.89. The van der Waals surface area contributed by atoms with Crippen LogP contribution in [-0.2, 0) is 37.3 Å². The maximum absolute atomic E-state index is 14.9. The van der Waals surface area contributed by atoms with Crippen LogP contribution in [0.25, 0.3) is 16.8 Å². The Morgan fingerprint density at radius 3 is 2.22 bits per heavy atom. The molecular formula is C50H52O9. The van der Waals surface area contributed by atoms with E-state index < -0.39 is 29.0 Å². The third-order valence-corrected chi connectivity index (χ3v) is 13.2. The number of carbonyl (C=O) groups is 2. The summed E-state index contributed by atoms with van der Waals surface area (Å²) in [4.78, 5) is 28.0. The number of rotatable bonds is 9. The number of fused-ring (bicyclic) bond motifs is 3. The summed E-state index contributed by atoms with van der Waals surface area (Å²) in [6.45, 7) is 1.43. The van der Waals surface area contributed by atoms with E-state index in [2.05, 4.69) is 24.3 Å². The molecule has 0 bridgehead atoms. The summed E-state index contributed by atoms with van der Waals surface area (Å²) in [5, 5.41) is 33.6. The van der Waals surface area contributed by atoms with Gasteiger partial charge in [0.25, 0.3) is 0 Å². The highest BCUT2D eigenvalue weighted by Crippen LogP contribution is 2.55. The molecule has 0 amide bonds. The Balaban J connectivity index is 1.25. The Bertz CT molecular complexity index is 2380. The van der Waals surface area contributed by atoms with Crippen LogP contribution in [0.5, 0.6) is 28.7 Å². The first-order chi connectivity index (χ1) is 28.5. The fourth-order valence-corrected chi connectivity index (χ4v) is 10.3. The van der Waals surface area contributed by atoms with Crippen LogP contribution in [0, 0.1) is 11.3 Å².